The van der Waals surface area contributed by atoms with Gasteiger partial charge in [0, 0.05) is 50.0 Å². The Morgan fingerprint density at radius 1 is 1.21 bits per heavy atom. The van der Waals surface area contributed by atoms with E-state index in [1.807, 2.05) is 37.5 Å². The maximum atomic E-state index is 12.0. The minimum absolute atomic E-state index is 0.0358. The number of benzene rings is 1. The fourth-order valence-electron chi connectivity index (χ4n) is 3.17. The van der Waals surface area contributed by atoms with E-state index in [9.17, 15) is 9.90 Å². The summed E-state index contributed by atoms with van der Waals surface area (Å²) in [6.45, 7) is 0.633. The number of hydrogen-bond acceptors (Lipinski definition) is 4. The Hall–Kier alpha value is -2.73. The Morgan fingerprint density at radius 2 is 2.00 bits per heavy atom. The number of hydrogen-bond donors (Lipinski definition) is 1. The number of carbonyl (C=O) groups excluding carboxylic acids is 1. The van der Waals surface area contributed by atoms with Gasteiger partial charge in [0.15, 0.2) is 0 Å². The highest BCUT2D eigenvalue weighted by molar-refractivity contribution is 5.96. The van der Waals surface area contributed by atoms with Gasteiger partial charge in [0.1, 0.15) is 5.52 Å². The maximum absolute atomic E-state index is 12.0. The van der Waals surface area contributed by atoms with Crippen LogP contribution in [0.2, 0.25) is 0 Å². The first-order chi connectivity index (χ1) is 11.7. The van der Waals surface area contributed by atoms with Crippen molar-refractivity contribution in [1.82, 2.24) is 14.8 Å². The molecule has 1 fully saturated rings. The fourth-order valence-corrected chi connectivity index (χ4v) is 3.17. The fraction of sp³-hybridized carbons (Fsp3) is 0.278. The second-order valence-electron chi connectivity index (χ2n) is 6.20. The molecule has 4 rings (SSSR count). The molecule has 1 amide bonds. The van der Waals surface area contributed by atoms with Gasteiger partial charge in [0.2, 0.25) is 5.91 Å². The third-order valence-electron chi connectivity index (χ3n) is 4.57. The highest BCUT2D eigenvalue weighted by Gasteiger charge is 2.29. The third kappa shape index (κ3) is 2.45. The largest absolute Gasteiger partial charge is 0.396 e. The Balaban J connectivity index is 1.63. The van der Waals surface area contributed by atoms with Crippen molar-refractivity contribution in [2.24, 2.45) is 13.0 Å². The quantitative estimate of drug-likeness (QED) is 0.800. The SMILES string of the molecule is Cn1ncc2ncc(-c3ccc(N4CC(CO)CC4=O)cc3)cc21. The third-order valence-corrected chi connectivity index (χ3v) is 4.57. The molecule has 1 aliphatic rings. The van der Waals surface area contributed by atoms with E-state index >= 15 is 0 Å². The molecule has 6 nitrogen and oxygen atoms in total. The van der Waals surface area contributed by atoms with E-state index in [1.165, 1.54) is 0 Å². The Morgan fingerprint density at radius 3 is 2.71 bits per heavy atom. The van der Waals surface area contributed by atoms with Gasteiger partial charge < -0.3 is 10.0 Å². The molecule has 1 aromatic carbocycles. The molecule has 3 aromatic rings. The molecule has 0 radical (unpaired) electrons. The molecule has 1 saturated heterocycles. The molecule has 1 atom stereocenters. The van der Waals surface area contributed by atoms with Crippen LogP contribution >= 0.6 is 0 Å². The average Bonchev–Trinajstić information content (AvgIpc) is 3.18. The number of aliphatic hydroxyl groups excluding tert-OH is 1. The molecule has 122 valence electrons. The normalized spacial score (nSPS) is 17.8. The van der Waals surface area contributed by atoms with Crippen LogP contribution in [0.15, 0.2) is 42.7 Å². The lowest BCUT2D eigenvalue weighted by molar-refractivity contribution is -0.117. The summed E-state index contributed by atoms with van der Waals surface area (Å²) in [5.41, 5.74) is 4.78. The number of aryl methyl sites for hydroxylation is 1. The van der Waals surface area contributed by atoms with Gasteiger partial charge in [-0.05, 0) is 23.8 Å². The summed E-state index contributed by atoms with van der Waals surface area (Å²) in [7, 11) is 1.90. The topological polar surface area (TPSA) is 71.2 Å². The molecule has 0 aliphatic carbocycles. The van der Waals surface area contributed by atoms with Gasteiger partial charge in [-0.15, -0.1) is 0 Å². The van der Waals surface area contributed by atoms with Crippen molar-refractivity contribution in [2.75, 3.05) is 18.1 Å². The maximum Gasteiger partial charge on any atom is 0.227 e. The minimum atomic E-state index is 0.0358. The van der Waals surface area contributed by atoms with Gasteiger partial charge in [-0.25, -0.2) is 0 Å². The lowest BCUT2D eigenvalue weighted by Crippen LogP contribution is -2.24. The standard InChI is InChI=1S/C18H18N4O2/c1-21-17-7-14(8-19-16(17)9-20-21)13-2-4-15(5-3-13)22-10-12(11-23)6-18(22)24/h2-5,7-9,12,23H,6,10-11H2,1H3. The molecule has 1 N–H and O–H groups in total. The van der Waals surface area contributed by atoms with Crippen LogP contribution in [-0.4, -0.2) is 38.9 Å². The van der Waals surface area contributed by atoms with Gasteiger partial charge in [0.05, 0.1) is 11.7 Å². The number of aromatic nitrogens is 3. The lowest BCUT2D eigenvalue weighted by Gasteiger charge is -2.17. The van der Waals surface area contributed by atoms with E-state index in [0.717, 1.165) is 27.8 Å². The molecule has 0 saturated carbocycles. The van der Waals surface area contributed by atoms with E-state index in [4.69, 9.17) is 0 Å². The molecule has 2 aromatic heterocycles. The molecule has 1 aliphatic heterocycles. The number of nitrogens with zero attached hydrogens (tertiary/aromatic N) is 4. The lowest BCUT2D eigenvalue weighted by atomic mass is 10.1. The van der Waals surface area contributed by atoms with Gasteiger partial charge in [-0.3, -0.25) is 14.5 Å². The summed E-state index contributed by atoms with van der Waals surface area (Å²) in [4.78, 5) is 18.2. The predicted octanol–water partition coefficient (Wildman–Crippen LogP) is 1.98. The van der Waals surface area contributed by atoms with Crippen LogP contribution < -0.4 is 4.90 Å². The number of rotatable bonds is 3. The number of pyridine rings is 1. The summed E-state index contributed by atoms with van der Waals surface area (Å²) >= 11 is 0. The van der Waals surface area contributed by atoms with Crippen molar-refractivity contribution in [2.45, 2.75) is 6.42 Å². The summed E-state index contributed by atoms with van der Waals surface area (Å²) in [5, 5.41) is 13.4. The predicted molar refractivity (Wildman–Crippen MR) is 91.5 cm³/mol. The van der Waals surface area contributed by atoms with Crippen LogP contribution in [0.1, 0.15) is 6.42 Å². The second kappa shape index (κ2) is 5.72. The van der Waals surface area contributed by atoms with Crippen molar-refractivity contribution in [3.63, 3.8) is 0 Å². The van der Waals surface area contributed by atoms with Crippen LogP contribution in [0.3, 0.4) is 0 Å². The molecule has 6 heteroatoms. The number of carbonyl (C=O) groups is 1. The number of anilines is 1. The monoisotopic (exact) mass is 322 g/mol. The van der Waals surface area contributed by atoms with Crippen LogP contribution in [-0.2, 0) is 11.8 Å². The van der Waals surface area contributed by atoms with E-state index in [-0.39, 0.29) is 18.4 Å². The van der Waals surface area contributed by atoms with Crippen molar-refractivity contribution in [1.29, 1.82) is 0 Å². The van der Waals surface area contributed by atoms with Crippen LogP contribution in [0, 0.1) is 5.92 Å². The molecule has 0 spiro atoms. The average molecular weight is 322 g/mol. The van der Waals surface area contributed by atoms with E-state index in [1.54, 1.807) is 15.8 Å². The Bertz CT molecular complexity index is 901. The zero-order valence-corrected chi connectivity index (χ0v) is 13.4. The van der Waals surface area contributed by atoms with Crippen molar-refractivity contribution >= 4 is 22.6 Å². The molecular formula is C18H18N4O2. The van der Waals surface area contributed by atoms with Gasteiger partial charge in [0.25, 0.3) is 0 Å². The molecule has 1 unspecified atom stereocenters. The molecular weight excluding hydrogens is 304 g/mol. The van der Waals surface area contributed by atoms with Crippen molar-refractivity contribution < 1.29 is 9.90 Å². The first-order valence-corrected chi connectivity index (χ1v) is 7.95. The zero-order valence-electron chi connectivity index (χ0n) is 13.4. The van der Waals surface area contributed by atoms with Crippen LogP contribution in [0.5, 0.6) is 0 Å². The first-order valence-electron chi connectivity index (χ1n) is 7.95. The van der Waals surface area contributed by atoms with Gasteiger partial charge in [-0.1, -0.05) is 12.1 Å². The highest BCUT2D eigenvalue weighted by atomic mass is 16.3. The number of amides is 1. The smallest absolute Gasteiger partial charge is 0.227 e. The minimum Gasteiger partial charge on any atom is -0.396 e. The van der Waals surface area contributed by atoms with Gasteiger partial charge >= 0.3 is 0 Å². The van der Waals surface area contributed by atoms with Crippen molar-refractivity contribution in [3.8, 4) is 11.1 Å². The summed E-state index contributed by atoms with van der Waals surface area (Å²) in [6.07, 6.45) is 4.00. The van der Waals surface area contributed by atoms with Crippen molar-refractivity contribution in [3.05, 3.63) is 42.7 Å². The Kier molecular flexibility index (Phi) is 3.54. The second-order valence-corrected chi connectivity index (χ2v) is 6.20. The number of aliphatic hydroxyl groups is 1. The van der Waals surface area contributed by atoms with Gasteiger partial charge in [-0.2, -0.15) is 5.10 Å². The van der Waals surface area contributed by atoms with Crippen LogP contribution in [0.4, 0.5) is 5.69 Å². The molecule has 0 bridgehead atoms. The van der Waals surface area contributed by atoms with E-state index < -0.39 is 0 Å². The van der Waals surface area contributed by atoms with E-state index in [2.05, 4.69) is 16.1 Å². The number of fused-ring (bicyclic) bond motifs is 1. The van der Waals surface area contributed by atoms with E-state index in [0.29, 0.717) is 13.0 Å². The summed E-state index contributed by atoms with van der Waals surface area (Å²) in [5.74, 6) is 0.105. The Labute approximate surface area is 139 Å². The highest BCUT2D eigenvalue weighted by Crippen LogP contribution is 2.28. The summed E-state index contributed by atoms with van der Waals surface area (Å²) < 4.78 is 1.80. The zero-order chi connectivity index (χ0) is 16.7. The molecule has 24 heavy (non-hydrogen) atoms. The first kappa shape index (κ1) is 14.8. The molecule has 3 heterocycles. The summed E-state index contributed by atoms with van der Waals surface area (Å²) in [6, 6.07) is 9.94. The van der Waals surface area contributed by atoms with Crippen LogP contribution in [0.25, 0.3) is 22.2 Å².